The van der Waals surface area contributed by atoms with E-state index in [0.29, 0.717) is 18.6 Å². The molecule has 2 rings (SSSR count). The number of nitriles is 1. The zero-order valence-corrected chi connectivity index (χ0v) is 13.2. The van der Waals surface area contributed by atoms with Gasteiger partial charge in [-0.15, -0.1) is 0 Å². The van der Waals surface area contributed by atoms with Gasteiger partial charge in [0, 0.05) is 24.9 Å². The molecular weight excluding hydrogens is 274 g/mol. The van der Waals surface area contributed by atoms with Gasteiger partial charge in [0.05, 0.1) is 11.8 Å². The number of nitrogens with one attached hydrogen (secondary N) is 1. The molecule has 0 aromatic carbocycles. The predicted octanol–water partition coefficient (Wildman–Crippen LogP) is 0.920. The van der Waals surface area contributed by atoms with Crippen molar-refractivity contribution in [1.29, 1.82) is 5.26 Å². The topological polar surface area (TPSA) is 73.2 Å². The van der Waals surface area contributed by atoms with Gasteiger partial charge in [-0.25, -0.2) is 8.42 Å². The molecule has 0 aromatic heterocycles. The number of nitrogens with zero attached hydrogens (tertiary/aromatic N) is 2. The van der Waals surface area contributed by atoms with Crippen molar-refractivity contribution >= 4 is 9.84 Å². The van der Waals surface area contributed by atoms with Crippen molar-refractivity contribution in [2.75, 3.05) is 25.6 Å². The summed E-state index contributed by atoms with van der Waals surface area (Å²) in [6, 6.07) is 3.32. The molecule has 2 atom stereocenters. The van der Waals surface area contributed by atoms with Crippen molar-refractivity contribution in [3.8, 4) is 6.07 Å². The third-order valence-corrected chi connectivity index (χ3v) is 5.36. The fourth-order valence-electron chi connectivity index (χ4n) is 3.00. The maximum atomic E-state index is 11.3. The van der Waals surface area contributed by atoms with Gasteiger partial charge in [0.2, 0.25) is 0 Å². The van der Waals surface area contributed by atoms with Crippen molar-refractivity contribution in [1.82, 2.24) is 10.2 Å². The molecule has 2 aliphatic carbocycles. The molecule has 1 N–H and O–H groups in total. The Morgan fingerprint density at radius 1 is 1.40 bits per heavy atom. The highest BCUT2D eigenvalue weighted by Gasteiger charge is 2.41. The second-order valence-corrected chi connectivity index (χ2v) is 8.73. The van der Waals surface area contributed by atoms with E-state index >= 15 is 0 Å². The molecule has 2 unspecified atom stereocenters. The normalized spacial score (nSPS) is 31.2. The lowest BCUT2D eigenvalue weighted by Gasteiger charge is -2.40. The molecule has 0 bridgehead atoms. The van der Waals surface area contributed by atoms with Gasteiger partial charge < -0.3 is 4.90 Å². The van der Waals surface area contributed by atoms with Gasteiger partial charge in [-0.05, 0) is 45.6 Å². The number of hydrogen-bond acceptors (Lipinski definition) is 5. The van der Waals surface area contributed by atoms with Crippen molar-refractivity contribution < 1.29 is 8.42 Å². The van der Waals surface area contributed by atoms with Gasteiger partial charge in [-0.3, -0.25) is 5.32 Å². The monoisotopic (exact) mass is 299 g/mol. The Labute approximate surface area is 122 Å². The largest absolute Gasteiger partial charge is 0.302 e. The van der Waals surface area contributed by atoms with Crippen molar-refractivity contribution in [3.63, 3.8) is 0 Å². The fourth-order valence-corrected chi connectivity index (χ4v) is 3.62. The molecule has 0 spiro atoms. The lowest BCUT2D eigenvalue weighted by molar-refractivity contribution is 0.149. The molecule has 0 heterocycles. The molecule has 2 aliphatic rings. The van der Waals surface area contributed by atoms with E-state index in [0.717, 1.165) is 25.7 Å². The lowest BCUT2D eigenvalue weighted by Crippen LogP contribution is -2.53. The van der Waals surface area contributed by atoms with Crippen LogP contribution in [-0.4, -0.2) is 56.5 Å². The summed E-state index contributed by atoms with van der Waals surface area (Å²) in [6.07, 6.45) is 7.43. The van der Waals surface area contributed by atoms with Gasteiger partial charge in [0.25, 0.3) is 0 Å². The van der Waals surface area contributed by atoms with Gasteiger partial charge in [-0.1, -0.05) is 0 Å². The second kappa shape index (κ2) is 6.00. The third-order valence-electron chi connectivity index (χ3n) is 4.43. The summed E-state index contributed by atoms with van der Waals surface area (Å²) in [7, 11) is -0.951. The molecule has 0 radical (unpaired) electrons. The zero-order valence-electron chi connectivity index (χ0n) is 12.4. The van der Waals surface area contributed by atoms with Crippen LogP contribution in [-0.2, 0) is 9.84 Å². The molecule has 0 aliphatic heterocycles. The minimum atomic E-state index is -2.92. The Morgan fingerprint density at radius 3 is 2.65 bits per heavy atom. The second-order valence-electron chi connectivity index (χ2n) is 6.47. The number of sulfone groups is 1. The van der Waals surface area contributed by atoms with Crippen LogP contribution in [0, 0.1) is 11.3 Å². The SMILES string of the molecule is CN(CCS(C)(=O)=O)C1CCCC(C#N)(NC2CC2)C1. The number of hydrogen-bond donors (Lipinski definition) is 1. The highest BCUT2D eigenvalue weighted by Crippen LogP contribution is 2.34. The minimum absolute atomic E-state index is 0.190. The molecule has 114 valence electrons. The molecular formula is C14H25N3O2S. The summed E-state index contributed by atoms with van der Waals surface area (Å²) in [5, 5.41) is 13.1. The first-order chi connectivity index (χ1) is 9.34. The molecule has 2 saturated carbocycles. The number of rotatable bonds is 6. The van der Waals surface area contributed by atoms with Crippen LogP contribution < -0.4 is 5.32 Å². The first-order valence-corrected chi connectivity index (χ1v) is 9.46. The summed E-state index contributed by atoms with van der Waals surface area (Å²) < 4.78 is 22.5. The smallest absolute Gasteiger partial charge is 0.148 e. The van der Waals surface area contributed by atoms with E-state index in [1.807, 2.05) is 7.05 Å². The van der Waals surface area contributed by atoms with Crippen LogP contribution in [0.2, 0.25) is 0 Å². The lowest BCUT2D eigenvalue weighted by atomic mass is 9.79. The van der Waals surface area contributed by atoms with Crippen LogP contribution in [0.3, 0.4) is 0 Å². The van der Waals surface area contributed by atoms with Crippen LogP contribution in [0.25, 0.3) is 0 Å². The highest BCUT2D eigenvalue weighted by atomic mass is 32.2. The van der Waals surface area contributed by atoms with E-state index in [2.05, 4.69) is 16.3 Å². The molecule has 2 fully saturated rings. The molecule has 5 nitrogen and oxygen atoms in total. The minimum Gasteiger partial charge on any atom is -0.302 e. The van der Waals surface area contributed by atoms with Gasteiger partial charge in [0.15, 0.2) is 0 Å². The Balaban J connectivity index is 1.93. The van der Waals surface area contributed by atoms with E-state index in [9.17, 15) is 13.7 Å². The highest BCUT2D eigenvalue weighted by molar-refractivity contribution is 7.90. The van der Waals surface area contributed by atoms with Crippen LogP contribution in [0.1, 0.15) is 38.5 Å². The van der Waals surface area contributed by atoms with Gasteiger partial charge in [-0.2, -0.15) is 5.26 Å². The zero-order chi connectivity index (χ0) is 14.8. The standard InChI is InChI=1S/C14H25N3O2S/c1-17(8-9-20(2,18)19)13-4-3-7-14(10-13,11-15)16-12-5-6-12/h12-13,16H,3-10H2,1-2H3. The molecule has 0 amide bonds. The Bertz CT molecular complexity index is 481. The third kappa shape index (κ3) is 4.44. The Hall–Kier alpha value is -0.640. The van der Waals surface area contributed by atoms with E-state index < -0.39 is 15.4 Å². The summed E-state index contributed by atoms with van der Waals surface area (Å²) >= 11 is 0. The summed E-state index contributed by atoms with van der Waals surface area (Å²) in [5.41, 5.74) is -0.399. The maximum absolute atomic E-state index is 11.3. The molecule has 6 heteroatoms. The molecule has 0 aromatic rings. The van der Waals surface area contributed by atoms with Crippen LogP contribution in [0.15, 0.2) is 0 Å². The first-order valence-electron chi connectivity index (χ1n) is 7.40. The van der Waals surface area contributed by atoms with Crippen LogP contribution in [0.4, 0.5) is 0 Å². The van der Waals surface area contributed by atoms with Gasteiger partial charge >= 0.3 is 0 Å². The fraction of sp³-hybridized carbons (Fsp3) is 0.929. The van der Waals surface area contributed by atoms with E-state index in [-0.39, 0.29) is 5.75 Å². The predicted molar refractivity (Wildman–Crippen MR) is 79.1 cm³/mol. The van der Waals surface area contributed by atoms with E-state index in [1.54, 1.807) is 0 Å². The average molecular weight is 299 g/mol. The summed E-state index contributed by atoms with van der Waals surface area (Å²) in [6.45, 7) is 0.550. The van der Waals surface area contributed by atoms with Crippen LogP contribution in [0.5, 0.6) is 0 Å². The van der Waals surface area contributed by atoms with Crippen molar-refractivity contribution in [3.05, 3.63) is 0 Å². The quantitative estimate of drug-likeness (QED) is 0.789. The maximum Gasteiger partial charge on any atom is 0.148 e. The Morgan fingerprint density at radius 2 is 2.10 bits per heavy atom. The average Bonchev–Trinajstić information content (AvgIpc) is 3.19. The van der Waals surface area contributed by atoms with Crippen molar-refractivity contribution in [2.45, 2.75) is 56.1 Å². The van der Waals surface area contributed by atoms with Crippen molar-refractivity contribution in [2.24, 2.45) is 0 Å². The molecule has 20 heavy (non-hydrogen) atoms. The Kier molecular flexibility index (Phi) is 4.73. The van der Waals surface area contributed by atoms with E-state index in [1.165, 1.54) is 19.1 Å². The van der Waals surface area contributed by atoms with Crippen LogP contribution >= 0.6 is 0 Å². The summed E-state index contributed by atoms with van der Waals surface area (Å²) in [5.74, 6) is 0.190. The van der Waals surface area contributed by atoms with E-state index in [4.69, 9.17) is 0 Å². The van der Waals surface area contributed by atoms with Gasteiger partial charge in [0.1, 0.15) is 15.4 Å². The first kappa shape index (κ1) is 15.7. The molecule has 0 saturated heterocycles. The summed E-state index contributed by atoms with van der Waals surface area (Å²) in [4.78, 5) is 2.11.